The summed E-state index contributed by atoms with van der Waals surface area (Å²) in [7, 11) is 0. The van der Waals surface area contributed by atoms with Crippen molar-refractivity contribution in [2.75, 3.05) is 11.9 Å². The Morgan fingerprint density at radius 1 is 1.19 bits per heavy atom. The third-order valence-electron chi connectivity index (χ3n) is 3.95. The van der Waals surface area contributed by atoms with Crippen LogP contribution >= 0.6 is 11.3 Å². The average Bonchev–Trinajstić information content (AvgIpc) is 2.82. The highest BCUT2D eigenvalue weighted by molar-refractivity contribution is 7.16. The molecule has 0 atom stereocenters. The molecule has 0 unspecified atom stereocenters. The lowest BCUT2D eigenvalue weighted by Crippen LogP contribution is -2.36. The number of nitrogens with two attached hydrogens (primary N) is 1. The summed E-state index contributed by atoms with van der Waals surface area (Å²) in [5, 5.41) is 3.04. The molecule has 0 saturated heterocycles. The van der Waals surface area contributed by atoms with Crippen LogP contribution in [0.4, 0.5) is 9.39 Å². The number of nitrogens with zero attached hydrogens (tertiary/aromatic N) is 1. The van der Waals surface area contributed by atoms with Crippen molar-refractivity contribution in [2.45, 2.75) is 27.3 Å². The van der Waals surface area contributed by atoms with E-state index in [-0.39, 0.29) is 30.4 Å². The summed E-state index contributed by atoms with van der Waals surface area (Å²) < 4.78 is 13.0. The minimum absolute atomic E-state index is 0.175. The maximum Gasteiger partial charge on any atom is 0.251 e. The number of carbonyl (C=O) groups is 3. The number of anilines is 1. The number of nitrogens with one attached hydrogen (secondary N) is 1. The van der Waals surface area contributed by atoms with E-state index in [1.165, 1.54) is 35.3 Å². The largest absolute Gasteiger partial charge is 0.365 e. The molecule has 1 aromatic carbocycles. The van der Waals surface area contributed by atoms with Crippen LogP contribution in [-0.2, 0) is 16.1 Å². The predicted molar refractivity (Wildman–Crippen MR) is 98.4 cm³/mol. The highest BCUT2D eigenvalue weighted by atomic mass is 32.1. The molecular weight excluding hydrogens is 357 g/mol. The predicted octanol–water partition coefficient (Wildman–Crippen LogP) is 2.59. The second-order valence-corrected chi connectivity index (χ2v) is 7.13. The maximum absolute atomic E-state index is 13.0. The van der Waals surface area contributed by atoms with Gasteiger partial charge in [-0.2, -0.15) is 0 Å². The van der Waals surface area contributed by atoms with Gasteiger partial charge < -0.3 is 16.0 Å². The van der Waals surface area contributed by atoms with E-state index in [1.807, 2.05) is 6.92 Å². The van der Waals surface area contributed by atoms with E-state index in [0.717, 1.165) is 10.4 Å². The Morgan fingerprint density at radius 2 is 1.81 bits per heavy atom. The van der Waals surface area contributed by atoms with Crippen molar-refractivity contribution in [3.63, 3.8) is 0 Å². The third kappa shape index (κ3) is 4.66. The van der Waals surface area contributed by atoms with Gasteiger partial charge in [0, 0.05) is 18.3 Å². The highest BCUT2D eigenvalue weighted by Crippen LogP contribution is 2.31. The molecule has 138 valence electrons. The van der Waals surface area contributed by atoms with E-state index in [0.29, 0.717) is 10.6 Å². The van der Waals surface area contributed by atoms with Gasteiger partial charge in [0.25, 0.3) is 5.91 Å². The standard InChI is InChI=1S/C18H20FN3O3S/c1-10-11(2)26-18(16(10)17(20)25)21-15(24)9-22(12(3)23)8-13-4-6-14(19)7-5-13/h4-7H,8-9H2,1-3H3,(H2,20,25)(H,21,24). The number of hydrogen-bond donors (Lipinski definition) is 2. The molecule has 0 aliphatic carbocycles. The molecule has 8 heteroatoms. The molecule has 0 radical (unpaired) electrons. The van der Waals surface area contributed by atoms with Crippen LogP contribution in [0.5, 0.6) is 0 Å². The number of carbonyl (C=O) groups excluding carboxylic acids is 3. The monoisotopic (exact) mass is 377 g/mol. The van der Waals surface area contributed by atoms with Crippen molar-refractivity contribution >= 4 is 34.1 Å². The molecule has 2 rings (SSSR count). The zero-order chi connectivity index (χ0) is 19.4. The summed E-state index contributed by atoms with van der Waals surface area (Å²) in [6.45, 7) is 4.93. The Hall–Kier alpha value is -2.74. The fraction of sp³-hybridized carbons (Fsp3) is 0.278. The van der Waals surface area contributed by atoms with Crippen LogP contribution in [0, 0.1) is 19.7 Å². The topological polar surface area (TPSA) is 92.5 Å². The van der Waals surface area contributed by atoms with Gasteiger partial charge >= 0.3 is 0 Å². The fourth-order valence-electron chi connectivity index (χ4n) is 2.44. The first-order valence-electron chi connectivity index (χ1n) is 7.88. The van der Waals surface area contributed by atoms with Gasteiger partial charge in [-0.05, 0) is 37.1 Å². The summed E-state index contributed by atoms with van der Waals surface area (Å²) in [4.78, 5) is 38.0. The van der Waals surface area contributed by atoms with Crippen LogP contribution in [0.15, 0.2) is 24.3 Å². The second-order valence-electron chi connectivity index (χ2n) is 5.90. The van der Waals surface area contributed by atoms with Crippen molar-refractivity contribution < 1.29 is 18.8 Å². The lowest BCUT2D eigenvalue weighted by atomic mass is 10.1. The summed E-state index contributed by atoms with van der Waals surface area (Å²) >= 11 is 1.26. The Labute approximate surface area is 154 Å². The van der Waals surface area contributed by atoms with E-state index < -0.39 is 11.8 Å². The molecule has 2 aromatic rings. The number of rotatable bonds is 6. The molecule has 1 aromatic heterocycles. The minimum atomic E-state index is -0.614. The Balaban J connectivity index is 2.11. The van der Waals surface area contributed by atoms with Gasteiger partial charge in [-0.3, -0.25) is 14.4 Å². The molecule has 0 aliphatic rings. The molecule has 26 heavy (non-hydrogen) atoms. The van der Waals surface area contributed by atoms with Gasteiger partial charge in [0.2, 0.25) is 11.8 Å². The summed E-state index contributed by atoms with van der Waals surface area (Å²) in [6.07, 6.45) is 0. The quantitative estimate of drug-likeness (QED) is 0.810. The summed E-state index contributed by atoms with van der Waals surface area (Å²) in [6, 6.07) is 5.70. The van der Waals surface area contributed by atoms with Crippen molar-refractivity contribution in [3.05, 3.63) is 51.7 Å². The average molecular weight is 377 g/mol. The number of benzene rings is 1. The number of primary amides is 1. The number of halogens is 1. The van der Waals surface area contributed by atoms with Gasteiger partial charge in [-0.25, -0.2) is 4.39 Å². The van der Waals surface area contributed by atoms with Crippen molar-refractivity contribution in [3.8, 4) is 0 Å². The van der Waals surface area contributed by atoms with E-state index in [2.05, 4.69) is 5.32 Å². The summed E-state index contributed by atoms with van der Waals surface area (Å²) in [5.41, 5.74) is 7.11. The van der Waals surface area contributed by atoms with Gasteiger partial charge in [0.05, 0.1) is 5.56 Å². The van der Waals surface area contributed by atoms with Gasteiger partial charge in [0.15, 0.2) is 0 Å². The number of thiophene rings is 1. The zero-order valence-corrected chi connectivity index (χ0v) is 15.6. The van der Waals surface area contributed by atoms with Gasteiger partial charge in [-0.15, -0.1) is 11.3 Å². The van der Waals surface area contributed by atoms with Crippen molar-refractivity contribution in [1.29, 1.82) is 0 Å². The SMILES string of the molecule is CC(=O)N(CC(=O)Nc1sc(C)c(C)c1C(N)=O)Cc1ccc(F)cc1. The molecule has 0 bridgehead atoms. The lowest BCUT2D eigenvalue weighted by molar-refractivity contribution is -0.133. The number of aryl methyl sites for hydroxylation is 1. The lowest BCUT2D eigenvalue weighted by Gasteiger charge is -2.20. The van der Waals surface area contributed by atoms with E-state index in [4.69, 9.17) is 5.73 Å². The molecular formula is C18H20FN3O3S. The van der Waals surface area contributed by atoms with Gasteiger partial charge in [0.1, 0.15) is 17.4 Å². The van der Waals surface area contributed by atoms with E-state index in [1.54, 1.807) is 19.1 Å². The smallest absolute Gasteiger partial charge is 0.251 e. The first-order valence-corrected chi connectivity index (χ1v) is 8.70. The van der Waals surface area contributed by atoms with Crippen LogP contribution in [0.25, 0.3) is 0 Å². The van der Waals surface area contributed by atoms with Crippen LogP contribution in [0.2, 0.25) is 0 Å². The van der Waals surface area contributed by atoms with Crippen LogP contribution in [0.1, 0.15) is 33.3 Å². The minimum Gasteiger partial charge on any atom is -0.365 e. The highest BCUT2D eigenvalue weighted by Gasteiger charge is 2.20. The van der Waals surface area contributed by atoms with Crippen LogP contribution in [0.3, 0.4) is 0 Å². The Kier molecular flexibility index (Phi) is 6.10. The molecule has 3 amide bonds. The van der Waals surface area contributed by atoms with Crippen molar-refractivity contribution in [2.24, 2.45) is 5.73 Å². The number of hydrogen-bond acceptors (Lipinski definition) is 4. The number of amides is 3. The molecule has 3 N–H and O–H groups in total. The molecule has 6 nitrogen and oxygen atoms in total. The van der Waals surface area contributed by atoms with E-state index >= 15 is 0 Å². The zero-order valence-electron chi connectivity index (χ0n) is 14.8. The molecule has 0 fully saturated rings. The Bertz CT molecular complexity index is 846. The Morgan fingerprint density at radius 3 is 2.35 bits per heavy atom. The molecule has 0 spiro atoms. The van der Waals surface area contributed by atoms with E-state index in [9.17, 15) is 18.8 Å². The fourth-order valence-corrected chi connectivity index (χ4v) is 3.52. The molecule has 1 heterocycles. The molecule has 0 saturated carbocycles. The molecule has 0 aliphatic heterocycles. The first kappa shape index (κ1) is 19.6. The van der Waals surface area contributed by atoms with Crippen LogP contribution < -0.4 is 11.1 Å². The summed E-state index contributed by atoms with van der Waals surface area (Å²) in [5.74, 6) is -1.72. The van der Waals surface area contributed by atoms with Gasteiger partial charge in [-0.1, -0.05) is 12.1 Å². The van der Waals surface area contributed by atoms with Crippen molar-refractivity contribution in [1.82, 2.24) is 4.90 Å². The second kappa shape index (κ2) is 8.09. The third-order valence-corrected chi connectivity index (χ3v) is 5.07. The van der Waals surface area contributed by atoms with Crippen LogP contribution in [-0.4, -0.2) is 29.2 Å². The normalized spacial score (nSPS) is 10.5. The first-order chi connectivity index (χ1) is 12.2. The maximum atomic E-state index is 13.0.